The van der Waals surface area contributed by atoms with Gasteiger partial charge in [-0.1, -0.05) is 12.1 Å². The van der Waals surface area contributed by atoms with E-state index in [1.165, 1.54) is 17.2 Å². The summed E-state index contributed by atoms with van der Waals surface area (Å²) < 4.78 is 15.9. The maximum absolute atomic E-state index is 13.1. The van der Waals surface area contributed by atoms with Crippen LogP contribution in [0.1, 0.15) is 22.2 Å². The number of carbonyl (C=O) groups excluding carboxylic acids is 2. The fraction of sp³-hybridized carbons (Fsp3) is 0.364. The number of morpholine rings is 1. The van der Waals surface area contributed by atoms with Gasteiger partial charge in [0.1, 0.15) is 18.8 Å². The molecule has 2 aromatic rings. The third-order valence-corrected chi connectivity index (χ3v) is 5.63. The third-order valence-electron chi connectivity index (χ3n) is 5.63. The summed E-state index contributed by atoms with van der Waals surface area (Å²) in [5.41, 5.74) is 0.761. The Hall–Kier alpha value is -3.10. The molecule has 0 bridgehead atoms. The molecule has 0 radical (unpaired) electrons. The lowest BCUT2D eigenvalue weighted by molar-refractivity contribution is -0.907. The molecule has 0 spiro atoms. The number of methoxy groups -OCH3 is 1. The van der Waals surface area contributed by atoms with E-state index in [1.807, 2.05) is 0 Å². The third kappa shape index (κ3) is 3.83. The average molecular weight is 413 g/mol. The molecular formula is C22H25N2O6+. The molecule has 1 aromatic carbocycles. The second-order valence-electron chi connectivity index (χ2n) is 7.36. The van der Waals surface area contributed by atoms with E-state index >= 15 is 0 Å². The smallest absolute Gasteiger partial charge is 0.290 e. The number of amides is 1. The average Bonchev–Trinajstić information content (AvgIpc) is 3.41. The van der Waals surface area contributed by atoms with Crippen LogP contribution in [0, 0.1) is 0 Å². The Kier molecular flexibility index (Phi) is 5.87. The summed E-state index contributed by atoms with van der Waals surface area (Å²) in [5.74, 6) is -0.802. The van der Waals surface area contributed by atoms with Crippen molar-refractivity contribution in [3.8, 4) is 5.75 Å². The molecule has 2 N–H and O–H groups in total. The van der Waals surface area contributed by atoms with Gasteiger partial charge in [0.25, 0.3) is 5.91 Å². The number of carbonyl (C=O) groups is 2. The molecule has 1 fully saturated rings. The zero-order valence-electron chi connectivity index (χ0n) is 16.8. The maximum atomic E-state index is 13.1. The predicted octanol–water partition coefficient (Wildman–Crippen LogP) is 0.782. The van der Waals surface area contributed by atoms with E-state index in [2.05, 4.69) is 0 Å². The Balaban J connectivity index is 1.66. The van der Waals surface area contributed by atoms with Crippen LogP contribution >= 0.6 is 0 Å². The Morgan fingerprint density at radius 2 is 1.97 bits per heavy atom. The van der Waals surface area contributed by atoms with Crippen molar-refractivity contribution in [2.75, 3.05) is 46.5 Å². The first kappa shape index (κ1) is 20.2. The Morgan fingerprint density at radius 1 is 1.23 bits per heavy atom. The molecule has 0 saturated carbocycles. The van der Waals surface area contributed by atoms with Crippen LogP contribution in [0.5, 0.6) is 5.75 Å². The van der Waals surface area contributed by atoms with Crippen molar-refractivity contribution in [2.24, 2.45) is 0 Å². The standard InChI is InChI=1S/C22H24N2O6/c1-28-16-6-4-15(5-7-16)19-18(20(25)17-3-2-12-30-17)21(26)22(27)24(19)9-8-23-10-13-29-14-11-23/h2-7,12,19,26H,8-11,13-14H2,1H3/p+1. The summed E-state index contributed by atoms with van der Waals surface area (Å²) in [6.07, 6.45) is 1.39. The first-order chi connectivity index (χ1) is 14.6. The van der Waals surface area contributed by atoms with Crippen molar-refractivity contribution in [1.29, 1.82) is 0 Å². The summed E-state index contributed by atoms with van der Waals surface area (Å²) in [5, 5.41) is 10.6. The molecule has 0 aliphatic carbocycles. The van der Waals surface area contributed by atoms with Gasteiger partial charge in [-0.05, 0) is 29.8 Å². The lowest BCUT2D eigenvalue weighted by Gasteiger charge is -2.30. The molecule has 1 unspecified atom stereocenters. The van der Waals surface area contributed by atoms with Crippen LogP contribution in [0.2, 0.25) is 0 Å². The van der Waals surface area contributed by atoms with Gasteiger partial charge in [0, 0.05) is 0 Å². The minimum absolute atomic E-state index is 0.0390. The van der Waals surface area contributed by atoms with Gasteiger partial charge in [0.15, 0.2) is 11.5 Å². The number of aliphatic hydroxyl groups is 1. The minimum Gasteiger partial charge on any atom is -0.503 e. The van der Waals surface area contributed by atoms with E-state index in [0.29, 0.717) is 32.1 Å². The number of hydrogen-bond donors (Lipinski definition) is 2. The zero-order chi connectivity index (χ0) is 21.1. The highest BCUT2D eigenvalue weighted by atomic mass is 16.5. The largest absolute Gasteiger partial charge is 0.503 e. The van der Waals surface area contributed by atoms with Crippen molar-refractivity contribution in [3.05, 3.63) is 65.3 Å². The lowest BCUT2D eigenvalue weighted by atomic mass is 9.95. The molecule has 2 aliphatic rings. The minimum atomic E-state index is -0.693. The van der Waals surface area contributed by atoms with Crippen LogP contribution in [0.15, 0.2) is 58.4 Å². The molecule has 158 valence electrons. The van der Waals surface area contributed by atoms with Crippen molar-refractivity contribution in [1.82, 2.24) is 4.90 Å². The van der Waals surface area contributed by atoms with Gasteiger partial charge < -0.3 is 28.8 Å². The lowest BCUT2D eigenvalue weighted by Crippen LogP contribution is -3.14. The maximum Gasteiger partial charge on any atom is 0.290 e. The Bertz CT molecular complexity index is 929. The molecule has 1 aromatic heterocycles. The van der Waals surface area contributed by atoms with Crippen LogP contribution < -0.4 is 9.64 Å². The summed E-state index contributed by atoms with van der Waals surface area (Å²) in [7, 11) is 1.57. The molecule has 8 nitrogen and oxygen atoms in total. The van der Waals surface area contributed by atoms with E-state index in [0.717, 1.165) is 18.7 Å². The number of hydrogen-bond acceptors (Lipinski definition) is 6. The molecule has 1 atom stereocenters. The first-order valence-corrected chi connectivity index (χ1v) is 9.97. The quantitative estimate of drug-likeness (QED) is 0.652. The van der Waals surface area contributed by atoms with Crippen LogP contribution in [-0.4, -0.2) is 68.2 Å². The van der Waals surface area contributed by atoms with Crippen molar-refractivity contribution >= 4 is 11.7 Å². The summed E-state index contributed by atoms with van der Waals surface area (Å²) in [4.78, 5) is 28.9. The molecule has 1 amide bonds. The number of nitrogens with one attached hydrogen (secondary N) is 1. The van der Waals surface area contributed by atoms with Gasteiger partial charge in [-0.25, -0.2) is 0 Å². The van der Waals surface area contributed by atoms with Crippen molar-refractivity contribution in [3.63, 3.8) is 0 Å². The fourth-order valence-electron chi connectivity index (χ4n) is 3.98. The van der Waals surface area contributed by atoms with Crippen LogP contribution in [0.4, 0.5) is 0 Å². The highest BCUT2D eigenvalue weighted by Gasteiger charge is 2.44. The van der Waals surface area contributed by atoms with Gasteiger partial charge in [-0.2, -0.15) is 0 Å². The zero-order valence-corrected chi connectivity index (χ0v) is 16.8. The van der Waals surface area contributed by atoms with Gasteiger partial charge in [0.2, 0.25) is 5.78 Å². The molecule has 4 rings (SSSR count). The monoisotopic (exact) mass is 413 g/mol. The highest BCUT2D eigenvalue weighted by molar-refractivity contribution is 6.15. The van der Waals surface area contributed by atoms with E-state index in [4.69, 9.17) is 13.9 Å². The number of furan rings is 1. The molecule has 2 aliphatic heterocycles. The van der Waals surface area contributed by atoms with E-state index < -0.39 is 23.5 Å². The van der Waals surface area contributed by atoms with E-state index in [1.54, 1.807) is 42.3 Å². The van der Waals surface area contributed by atoms with Crippen molar-refractivity contribution in [2.45, 2.75) is 6.04 Å². The molecule has 30 heavy (non-hydrogen) atoms. The van der Waals surface area contributed by atoms with E-state index in [-0.39, 0.29) is 11.3 Å². The predicted molar refractivity (Wildman–Crippen MR) is 107 cm³/mol. The number of ketones is 1. The van der Waals surface area contributed by atoms with Gasteiger partial charge in [0.05, 0.1) is 51.3 Å². The number of Topliss-reactive ketones (excluding diaryl/α,β-unsaturated/α-hetero) is 1. The molecule has 3 heterocycles. The Labute approximate surface area is 174 Å². The van der Waals surface area contributed by atoms with Gasteiger partial charge >= 0.3 is 0 Å². The number of quaternary nitrogens is 1. The van der Waals surface area contributed by atoms with Crippen LogP contribution in [0.3, 0.4) is 0 Å². The molecular weight excluding hydrogens is 388 g/mol. The number of aliphatic hydroxyl groups excluding tert-OH is 1. The summed E-state index contributed by atoms with van der Waals surface area (Å²) in [6, 6.07) is 9.59. The molecule has 1 saturated heterocycles. The number of ether oxygens (including phenoxy) is 2. The summed E-state index contributed by atoms with van der Waals surface area (Å²) in [6.45, 7) is 4.23. The first-order valence-electron chi connectivity index (χ1n) is 9.97. The number of benzene rings is 1. The van der Waals surface area contributed by atoms with E-state index in [9.17, 15) is 14.7 Å². The normalized spacial score (nSPS) is 20.1. The topological polar surface area (TPSA) is 93.7 Å². The van der Waals surface area contributed by atoms with Crippen LogP contribution in [0.25, 0.3) is 0 Å². The highest BCUT2D eigenvalue weighted by Crippen LogP contribution is 2.39. The Morgan fingerprint density at radius 3 is 2.60 bits per heavy atom. The second-order valence-corrected chi connectivity index (χ2v) is 7.36. The number of nitrogens with zero attached hydrogens (tertiary/aromatic N) is 1. The van der Waals surface area contributed by atoms with Crippen LogP contribution in [-0.2, 0) is 9.53 Å². The SMILES string of the molecule is COc1ccc(C2C(C(=O)c3ccco3)=C(O)C(=O)N2CC[NH+]2CCOCC2)cc1. The van der Waals surface area contributed by atoms with Gasteiger partial charge in [-0.3, -0.25) is 9.59 Å². The fourth-order valence-corrected chi connectivity index (χ4v) is 3.98. The van der Waals surface area contributed by atoms with Gasteiger partial charge in [-0.15, -0.1) is 0 Å². The summed E-state index contributed by atoms with van der Waals surface area (Å²) >= 11 is 0. The second kappa shape index (κ2) is 8.73. The molecule has 8 heteroatoms. The van der Waals surface area contributed by atoms with Crippen molar-refractivity contribution < 1.29 is 33.5 Å². The number of rotatable bonds is 7.